The predicted molar refractivity (Wildman–Crippen MR) is 130 cm³/mol. The number of halogens is 5. The van der Waals surface area contributed by atoms with Crippen molar-refractivity contribution in [1.29, 1.82) is 0 Å². The molecule has 1 aromatic heterocycles. The number of H-pyrrole nitrogens is 1. The van der Waals surface area contributed by atoms with Crippen LogP contribution in [0.5, 0.6) is 5.75 Å². The molecule has 1 saturated heterocycles. The number of aryl methyl sites for hydroxylation is 1. The van der Waals surface area contributed by atoms with Crippen molar-refractivity contribution in [1.82, 2.24) is 4.98 Å². The Kier molecular flexibility index (Phi) is 8.36. The minimum Gasteiger partial charge on any atom is -0.493 e. The Morgan fingerprint density at radius 3 is 2.39 bits per heavy atom. The number of benzene rings is 1. The summed E-state index contributed by atoms with van der Waals surface area (Å²) in [6, 6.07) is 3.18. The molecule has 6 nitrogen and oxygen atoms in total. The van der Waals surface area contributed by atoms with E-state index in [1.165, 1.54) is 19.1 Å². The highest BCUT2D eigenvalue weighted by Crippen LogP contribution is 2.59. The highest BCUT2D eigenvalue weighted by Gasteiger charge is 2.65. The minimum atomic E-state index is -4.80. The van der Waals surface area contributed by atoms with Crippen molar-refractivity contribution in [2.75, 3.05) is 20.3 Å². The fourth-order valence-corrected chi connectivity index (χ4v) is 5.14. The number of nitrogens with one attached hydrogen (secondary N) is 1. The molecular formula is C27H34F5NO5. The second kappa shape index (κ2) is 10.6. The number of hydrogen-bond donors (Lipinski definition) is 2. The SMILES string of the molecule is COc1c([C@H]2[C@H](c3cc(=O)c(C(C)COCC(C)(C)O)c(C)[nH]3)O[C@@](C)(C(F)(F)F)[C@H]2C)ccc(F)c1F. The summed E-state index contributed by atoms with van der Waals surface area (Å²) in [4.78, 5) is 16.2. The topological polar surface area (TPSA) is 80.8 Å². The fourth-order valence-electron chi connectivity index (χ4n) is 5.14. The number of aromatic nitrogens is 1. The van der Waals surface area contributed by atoms with Crippen LogP contribution >= 0.6 is 0 Å². The number of hydrogen-bond acceptors (Lipinski definition) is 5. The monoisotopic (exact) mass is 547 g/mol. The molecule has 11 heteroatoms. The first-order chi connectivity index (χ1) is 17.4. The van der Waals surface area contributed by atoms with E-state index in [1.807, 2.05) is 0 Å². The van der Waals surface area contributed by atoms with Crippen molar-refractivity contribution in [2.45, 2.75) is 76.9 Å². The predicted octanol–water partition coefficient (Wildman–Crippen LogP) is 5.67. The molecule has 2 heterocycles. The molecular weight excluding hydrogens is 513 g/mol. The summed E-state index contributed by atoms with van der Waals surface area (Å²) in [6.07, 6.45) is -6.15. The highest BCUT2D eigenvalue weighted by molar-refractivity contribution is 5.42. The molecule has 2 N–H and O–H groups in total. The van der Waals surface area contributed by atoms with E-state index in [2.05, 4.69) is 4.98 Å². The normalized spacial score (nSPS) is 25.0. The average Bonchev–Trinajstić information content (AvgIpc) is 3.06. The van der Waals surface area contributed by atoms with Crippen LogP contribution in [-0.2, 0) is 9.47 Å². The Bertz CT molecular complexity index is 1220. The van der Waals surface area contributed by atoms with Gasteiger partial charge in [-0.15, -0.1) is 0 Å². The summed E-state index contributed by atoms with van der Waals surface area (Å²) in [7, 11) is 1.10. The Labute approximate surface area is 218 Å². The van der Waals surface area contributed by atoms with Crippen LogP contribution in [-0.4, -0.2) is 47.8 Å². The van der Waals surface area contributed by atoms with Crippen molar-refractivity contribution in [2.24, 2.45) is 5.92 Å². The molecule has 0 spiro atoms. The van der Waals surface area contributed by atoms with Crippen LogP contribution in [0, 0.1) is 24.5 Å². The maximum Gasteiger partial charge on any atom is 0.417 e. The quantitative estimate of drug-likeness (QED) is 0.416. The molecule has 1 fully saturated rings. The van der Waals surface area contributed by atoms with Crippen molar-refractivity contribution >= 4 is 0 Å². The molecule has 1 unspecified atom stereocenters. The van der Waals surface area contributed by atoms with E-state index < -0.39 is 58.1 Å². The van der Waals surface area contributed by atoms with Crippen LogP contribution < -0.4 is 10.2 Å². The van der Waals surface area contributed by atoms with Gasteiger partial charge in [-0.05, 0) is 33.8 Å². The van der Waals surface area contributed by atoms with Gasteiger partial charge in [0.25, 0.3) is 0 Å². The molecule has 5 atom stereocenters. The first-order valence-corrected chi connectivity index (χ1v) is 12.2. The number of alkyl halides is 3. The Morgan fingerprint density at radius 1 is 1.24 bits per heavy atom. The van der Waals surface area contributed by atoms with Gasteiger partial charge >= 0.3 is 6.18 Å². The molecule has 0 amide bonds. The van der Waals surface area contributed by atoms with Crippen LogP contribution in [0.1, 0.15) is 75.1 Å². The van der Waals surface area contributed by atoms with Crippen LogP contribution in [0.3, 0.4) is 0 Å². The van der Waals surface area contributed by atoms with Crippen molar-refractivity contribution < 1.29 is 41.3 Å². The van der Waals surface area contributed by atoms with Crippen LogP contribution in [0.2, 0.25) is 0 Å². The summed E-state index contributed by atoms with van der Waals surface area (Å²) >= 11 is 0. The van der Waals surface area contributed by atoms with Gasteiger partial charge in [-0.3, -0.25) is 4.79 Å². The lowest BCUT2D eigenvalue weighted by Gasteiger charge is -2.32. The zero-order valence-electron chi connectivity index (χ0n) is 22.4. The number of rotatable bonds is 8. The molecule has 0 saturated carbocycles. The summed E-state index contributed by atoms with van der Waals surface area (Å²) in [5, 5.41) is 9.84. The van der Waals surface area contributed by atoms with Gasteiger partial charge in [0.1, 0.15) is 6.10 Å². The fraction of sp³-hybridized carbons (Fsp3) is 0.593. The van der Waals surface area contributed by atoms with Gasteiger partial charge in [-0.1, -0.05) is 19.9 Å². The van der Waals surface area contributed by atoms with E-state index in [0.29, 0.717) is 11.3 Å². The van der Waals surface area contributed by atoms with E-state index >= 15 is 0 Å². The lowest BCUT2D eigenvalue weighted by atomic mass is 9.76. The van der Waals surface area contributed by atoms with Crippen LogP contribution in [0.15, 0.2) is 23.0 Å². The van der Waals surface area contributed by atoms with E-state index in [9.17, 15) is 31.9 Å². The number of methoxy groups -OCH3 is 1. The largest absolute Gasteiger partial charge is 0.493 e. The third kappa shape index (κ3) is 5.60. The van der Waals surface area contributed by atoms with Crippen LogP contribution in [0.25, 0.3) is 0 Å². The van der Waals surface area contributed by atoms with Gasteiger partial charge in [-0.25, -0.2) is 4.39 Å². The summed E-state index contributed by atoms with van der Waals surface area (Å²) in [5.74, 6) is -5.83. The lowest BCUT2D eigenvalue weighted by molar-refractivity contribution is -0.275. The summed E-state index contributed by atoms with van der Waals surface area (Å²) in [5.41, 5.74) is -3.31. The van der Waals surface area contributed by atoms with E-state index in [0.717, 1.165) is 20.1 Å². The number of pyridine rings is 1. The zero-order chi connectivity index (χ0) is 28.8. The van der Waals surface area contributed by atoms with Gasteiger partial charge in [0.15, 0.2) is 22.6 Å². The third-order valence-corrected chi connectivity index (χ3v) is 7.22. The second-order valence-electron chi connectivity index (χ2n) is 10.8. The Balaban J connectivity index is 2.09. The second-order valence-corrected chi connectivity index (χ2v) is 10.8. The summed E-state index contributed by atoms with van der Waals surface area (Å²) in [6.45, 7) is 8.94. The minimum absolute atomic E-state index is 0.00663. The third-order valence-electron chi connectivity index (χ3n) is 7.22. The standard InChI is InChI=1S/C27H34F5NO5/c1-13(11-37-12-25(4,5)35)20-15(3)33-18(10-19(20)34)24-21(14(2)26(6,38-24)27(30,31)32)16-8-9-17(28)22(29)23(16)36-7/h8-10,13-14,21,24,35H,11-12H2,1-7H3,(H,33,34)/t13?,14-,21-,24-,26+/m0/s1. The lowest BCUT2D eigenvalue weighted by Crippen LogP contribution is -2.46. The smallest absolute Gasteiger partial charge is 0.417 e. The maximum atomic E-state index is 14.6. The van der Waals surface area contributed by atoms with E-state index in [4.69, 9.17) is 14.2 Å². The molecule has 38 heavy (non-hydrogen) atoms. The molecule has 0 bridgehead atoms. The zero-order valence-corrected chi connectivity index (χ0v) is 22.4. The van der Waals surface area contributed by atoms with Gasteiger partial charge in [0.2, 0.25) is 5.82 Å². The molecule has 0 aliphatic carbocycles. The first-order valence-electron chi connectivity index (χ1n) is 12.2. The number of ether oxygens (including phenoxy) is 3. The van der Waals surface area contributed by atoms with Crippen molar-refractivity contribution in [3.8, 4) is 5.75 Å². The van der Waals surface area contributed by atoms with Crippen molar-refractivity contribution in [3.05, 3.63) is 62.6 Å². The van der Waals surface area contributed by atoms with E-state index in [1.54, 1.807) is 27.7 Å². The molecule has 0 radical (unpaired) electrons. The van der Waals surface area contributed by atoms with Gasteiger partial charge in [-0.2, -0.15) is 17.6 Å². The molecule has 3 rings (SSSR count). The molecule has 1 aliphatic heterocycles. The van der Waals surface area contributed by atoms with Gasteiger partial charge in [0, 0.05) is 46.3 Å². The van der Waals surface area contributed by atoms with Crippen LogP contribution in [0.4, 0.5) is 22.0 Å². The van der Waals surface area contributed by atoms with Gasteiger partial charge < -0.3 is 24.3 Å². The van der Waals surface area contributed by atoms with E-state index in [-0.39, 0.29) is 30.4 Å². The Hall–Kier alpha value is -2.50. The number of aromatic amines is 1. The average molecular weight is 548 g/mol. The highest BCUT2D eigenvalue weighted by atomic mass is 19.4. The molecule has 1 aromatic carbocycles. The first kappa shape index (κ1) is 30.0. The maximum absolute atomic E-state index is 14.6. The summed E-state index contributed by atoms with van der Waals surface area (Å²) < 4.78 is 87.5. The molecule has 212 valence electrons. The molecule has 1 aliphatic rings. The van der Waals surface area contributed by atoms with Gasteiger partial charge in [0.05, 0.1) is 25.9 Å². The number of aliphatic hydroxyl groups is 1. The Morgan fingerprint density at radius 2 is 1.87 bits per heavy atom. The molecule has 2 aromatic rings. The van der Waals surface area contributed by atoms with Crippen molar-refractivity contribution in [3.63, 3.8) is 0 Å².